The Bertz CT molecular complexity index is 1010. The Labute approximate surface area is 152 Å². The molecule has 0 atom stereocenters. The quantitative estimate of drug-likeness (QED) is 0.724. The van der Waals surface area contributed by atoms with E-state index in [1.807, 2.05) is 43.3 Å². The van der Waals surface area contributed by atoms with Crippen LogP contribution in [0, 0.1) is 0 Å². The van der Waals surface area contributed by atoms with Crippen molar-refractivity contribution in [1.82, 2.24) is 14.7 Å². The Hall–Kier alpha value is -3.15. The molecule has 3 rings (SSSR count). The van der Waals surface area contributed by atoms with Gasteiger partial charge in [-0.15, -0.1) is 0 Å². The van der Waals surface area contributed by atoms with Crippen LogP contribution in [0.15, 0.2) is 53.3 Å². The van der Waals surface area contributed by atoms with Crippen LogP contribution in [0.3, 0.4) is 0 Å². The van der Waals surface area contributed by atoms with E-state index in [4.69, 9.17) is 0 Å². The Morgan fingerprint density at radius 2 is 1.62 bits per heavy atom. The molecule has 3 aromatic rings. The van der Waals surface area contributed by atoms with Gasteiger partial charge in [0, 0.05) is 45.8 Å². The summed E-state index contributed by atoms with van der Waals surface area (Å²) in [5.74, 6) is -0.214. The largest absolute Gasteiger partial charge is 0.378 e. The summed E-state index contributed by atoms with van der Waals surface area (Å²) in [6.07, 6.45) is 0. The summed E-state index contributed by atoms with van der Waals surface area (Å²) in [6, 6.07) is 15.1. The van der Waals surface area contributed by atoms with Crippen LogP contribution in [-0.4, -0.2) is 41.7 Å². The number of carbonyl (C=O) groups is 1. The molecule has 26 heavy (non-hydrogen) atoms. The van der Waals surface area contributed by atoms with Gasteiger partial charge in [-0.2, -0.15) is 5.10 Å². The number of nitrogens with zero attached hydrogens (tertiary/aromatic N) is 4. The van der Waals surface area contributed by atoms with Crippen molar-refractivity contribution in [3.8, 4) is 0 Å². The first-order valence-corrected chi connectivity index (χ1v) is 8.36. The molecule has 0 aliphatic rings. The zero-order chi connectivity index (χ0) is 18.8. The molecular weight excluding hydrogens is 328 g/mol. The molecule has 0 bridgehead atoms. The Morgan fingerprint density at radius 1 is 1.00 bits per heavy atom. The molecule has 0 N–H and O–H groups in total. The summed E-state index contributed by atoms with van der Waals surface area (Å²) in [4.78, 5) is 28.8. The molecule has 0 aliphatic carbocycles. The Balaban J connectivity index is 1.90. The average molecular weight is 350 g/mol. The van der Waals surface area contributed by atoms with Crippen molar-refractivity contribution in [1.29, 1.82) is 0 Å². The zero-order valence-electron chi connectivity index (χ0n) is 15.4. The minimum atomic E-state index is -0.214. The van der Waals surface area contributed by atoms with Gasteiger partial charge in [0.15, 0.2) is 5.69 Å². The third kappa shape index (κ3) is 3.31. The maximum absolute atomic E-state index is 12.9. The van der Waals surface area contributed by atoms with E-state index < -0.39 is 0 Å². The second-order valence-electron chi connectivity index (χ2n) is 6.55. The summed E-state index contributed by atoms with van der Waals surface area (Å²) in [6.45, 7) is 0.464. The first-order valence-electron chi connectivity index (χ1n) is 8.36. The molecule has 6 nitrogen and oxygen atoms in total. The molecule has 0 aliphatic heterocycles. The van der Waals surface area contributed by atoms with Crippen molar-refractivity contribution in [3.05, 3.63) is 70.1 Å². The second kappa shape index (κ2) is 7.00. The maximum atomic E-state index is 12.9. The highest BCUT2D eigenvalue weighted by Crippen LogP contribution is 2.17. The number of benzene rings is 2. The van der Waals surface area contributed by atoms with Gasteiger partial charge in [-0.1, -0.05) is 30.3 Å². The van der Waals surface area contributed by atoms with Crippen LogP contribution in [-0.2, 0) is 13.6 Å². The summed E-state index contributed by atoms with van der Waals surface area (Å²) in [5.41, 5.74) is 2.21. The highest BCUT2D eigenvalue weighted by Gasteiger charge is 2.19. The van der Waals surface area contributed by atoms with Gasteiger partial charge in [-0.25, -0.2) is 4.68 Å². The van der Waals surface area contributed by atoms with Gasteiger partial charge in [0.1, 0.15) is 0 Å². The Morgan fingerprint density at radius 3 is 2.23 bits per heavy atom. The summed E-state index contributed by atoms with van der Waals surface area (Å²) in [5, 5.41) is 5.28. The summed E-state index contributed by atoms with van der Waals surface area (Å²) >= 11 is 0. The molecule has 1 aromatic heterocycles. The van der Waals surface area contributed by atoms with Gasteiger partial charge >= 0.3 is 0 Å². The van der Waals surface area contributed by atoms with E-state index in [0.717, 1.165) is 11.3 Å². The van der Waals surface area contributed by atoms with Gasteiger partial charge in [0.25, 0.3) is 11.5 Å². The first kappa shape index (κ1) is 17.7. The molecule has 0 fully saturated rings. The molecule has 0 radical (unpaired) electrons. The van der Waals surface area contributed by atoms with Crippen molar-refractivity contribution in [2.45, 2.75) is 6.54 Å². The number of hydrogen-bond donors (Lipinski definition) is 0. The summed E-state index contributed by atoms with van der Waals surface area (Å²) < 4.78 is 1.22. The zero-order valence-corrected chi connectivity index (χ0v) is 15.4. The fourth-order valence-corrected chi connectivity index (χ4v) is 2.88. The molecule has 2 aromatic carbocycles. The molecule has 0 saturated carbocycles. The number of anilines is 1. The number of carbonyl (C=O) groups excluding carboxylic acids is 1. The third-order valence-corrected chi connectivity index (χ3v) is 4.38. The molecule has 0 spiro atoms. The molecule has 6 heteroatoms. The van der Waals surface area contributed by atoms with E-state index in [-0.39, 0.29) is 17.2 Å². The lowest BCUT2D eigenvalue weighted by atomic mass is 10.1. The number of hydrogen-bond acceptors (Lipinski definition) is 4. The van der Waals surface area contributed by atoms with Gasteiger partial charge in [-0.3, -0.25) is 9.59 Å². The fourth-order valence-electron chi connectivity index (χ4n) is 2.88. The minimum absolute atomic E-state index is 0.209. The second-order valence-corrected chi connectivity index (χ2v) is 6.55. The van der Waals surface area contributed by atoms with Crippen molar-refractivity contribution < 1.29 is 4.79 Å². The lowest BCUT2D eigenvalue weighted by molar-refractivity contribution is 0.0779. The van der Waals surface area contributed by atoms with E-state index in [2.05, 4.69) is 5.10 Å². The smallest absolute Gasteiger partial charge is 0.274 e. The van der Waals surface area contributed by atoms with Crippen molar-refractivity contribution >= 4 is 22.4 Å². The van der Waals surface area contributed by atoms with Crippen LogP contribution in [0.25, 0.3) is 10.8 Å². The van der Waals surface area contributed by atoms with Gasteiger partial charge in [0.05, 0.1) is 5.39 Å². The maximum Gasteiger partial charge on any atom is 0.274 e. The van der Waals surface area contributed by atoms with E-state index in [1.54, 1.807) is 43.3 Å². The first-order chi connectivity index (χ1) is 12.4. The van der Waals surface area contributed by atoms with Crippen LogP contribution >= 0.6 is 0 Å². The van der Waals surface area contributed by atoms with Crippen LogP contribution < -0.4 is 10.5 Å². The van der Waals surface area contributed by atoms with E-state index in [0.29, 0.717) is 17.3 Å². The van der Waals surface area contributed by atoms with E-state index in [9.17, 15) is 9.59 Å². The van der Waals surface area contributed by atoms with Crippen molar-refractivity contribution in [2.24, 2.45) is 7.05 Å². The normalized spacial score (nSPS) is 10.8. The predicted octanol–water partition coefficient (Wildman–Crippen LogP) is 2.27. The average Bonchev–Trinajstić information content (AvgIpc) is 2.64. The highest BCUT2D eigenvalue weighted by molar-refractivity contribution is 6.04. The number of fused-ring (bicyclic) bond motifs is 1. The number of rotatable bonds is 4. The molecule has 134 valence electrons. The van der Waals surface area contributed by atoms with Crippen LogP contribution in [0.2, 0.25) is 0 Å². The van der Waals surface area contributed by atoms with Crippen molar-refractivity contribution in [2.75, 3.05) is 26.0 Å². The van der Waals surface area contributed by atoms with Gasteiger partial charge < -0.3 is 9.80 Å². The highest BCUT2D eigenvalue weighted by atomic mass is 16.2. The summed E-state index contributed by atoms with van der Waals surface area (Å²) in [7, 11) is 7.28. The van der Waals surface area contributed by atoms with Gasteiger partial charge in [-0.05, 0) is 23.8 Å². The Kier molecular flexibility index (Phi) is 4.75. The SMILES string of the molecule is CN(Cc1ccc(N(C)C)cc1)C(=O)c1nn(C)c(=O)c2ccccc12. The molecule has 1 amide bonds. The lowest BCUT2D eigenvalue weighted by Crippen LogP contribution is -2.31. The van der Waals surface area contributed by atoms with Crippen LogP contribution in [0.5, 0.6) is 0 Å². The van der Waals surface area contributed by atoms with E-state index >= 15 is 0 Å². The standard InChI is InChI=1S/C20H22N4O2/c1-22(2)15-11-9-14(10-12-15)13-23(3)20(26)18-16-7-5-6-8-17(16)19(25)24(4)21-18/h5-12H,13H2,1-4H3. The monoisotopic (exact) mass is 350 g/mol. The number of amides is 1. The van der Waals surface area contributed by atoms with E-state index in [1.165, 1.54) is 4.68 Å². The van der Waals surface area contributed by atoms with Crippen molar-refractivity contribution in [3.63, 3.8) is 0 Å². The fraction of sp³-hybridized carbons (Fsp3) is 0.250. The third-order valence-electron chi connectivity index (χ3n) is 4.38. The molecule has 0 unspecified atom stereocenters. The minimum Gasteiger partial charge on any atom is -0.378 e. The number of aryl methyl sites for hydroxylation is 1. The molecular formula is C20H22N4O2. The number of aromatic nitrogens is 2. The molecule has 1 heterocycles. The predicted molar refractivity (Wildman–Crippen MR) is 104 cm³/mol. The van der Waals surface area contributed by atoms with Crippen LogP contribution in [0.4, 0.5) is 5.69 Å². The van der Waals surface area contributed by atoms with Gasteiger partial charge in [0.2, 0.25) is 0 Å². The van der Waals surface area contributed by atoms with Crippen LogP contribution in [0.1, 0.15) is 16.1 Å². The lowest BCUT2D eigenvalue weighted by Gasteiger charge is -2.19. The topological polar surface area (TPSA) is 58.4 Å². The molecule has 0 saturated heterocycles.